The van der Waals surface area contributed by atoms with Crippen LogP contribution >= 0.6 is 11.6 Å². The Balaban J connectivity index is 2.01. The van der Waals surface area contributed by atoms with Gasteiger partial charge in [-0.25, -0.2) is 5.43 Å². The quantitative estimate of drug-likeness (QED) is 0.535. The molecule has 0 radical (unpaired) electrons. The number of benzene rings is 2. The molecule has 0 spiro atoms. The second-order valence-electron chi connectivity index (χ2n) is 6.01. The maximum absolute atomic E-state index is 12.0. The Hall–Kier alpha value is -3.06. The summed E-state index contributed by atoms with van der Waals surface area (Å²) < 4.78 is 10.6. The van der Waals surface area contributed by atoms with Crippen LogP contribution in [-0.4, -0.2) is 31.3 Å². The van der Waals surface area contributed by atoms with Crippen LogP contribution in [0.1, 0.15) is 23.6 Å². The summed E-state index contributed by atoms with van der Waals surface area (Å²) in [6.07, 6.45) is -0.287. The summed E-state index contributed by atoms with van der Waals surface area (Å²) in [7, 11) is 1.46. The third kappa shape index (κ3) is 5.99. The fourth-order valence-electron chi connectivity index (χ4n) is 2.46. The molecule has 0 aliphatic heterocycles. The second kappa shape index (κ2) is 9.75. The van der Waals surface area contributed by atoms with E-state index in [0.717, 1.165) is 5.56 Å². The van der Waals surface area contributed by atoms with Crippen molar-refractivity contribution in [1.82, 2.24) is 5.43 Å². The summed E-state index contributed by atoms with van der Waals surface area (Å²) in [5.74, 6) is -0.649. The van der Waals surface area contributed by atoms with E-state index in [0.29, 0.717) is 33.4 Å². The Labute approximate surface area is 167 Å². The minimum absolute atomic E-state index is 0.211. The van der Waals surface area contributed by atoms with Crippen LogP contribution < -0.4 is 20.0 Å². The maximum atomic E-state index is 12.0. The minimum Gasteiger partial charge on any atom is -0.550 e. The molecule has 0 aromatic heterocycles. The Morgan fingerprint density at radius 2 is 1.89 bits per heavy atom. The summed E-state index contributed by atoms with van der Waals surface area (Å²) in [5, 5.41) is 15.5. The zero-order valence-corrected chi connectivity index (χ0v) is 16.5. The van der Waals surface area contributed by atoms with Crippen molar-refractivity contribution < 1.29 is 24.2 Å². The topological polar surface area (TPSA) is 100 Å². The average Bonchev–Trinajstić information content (AvgIpc) is 2.64. The van der Waals surface area contributed by atoms with Gasteiger partial charge in [-0.3, -0.25) is 4.79 Å². The van der Waals surface area contributed by atoms with Crippen LogP contribution in [0.25, 0.3) is 0 Å². The predicted molar refractivity (Wildman–Crippen MR) is 104 cm³/mol. The Morgan fingerprint density at radius 3 is 2.54 bits per heavy atom. The average molecular weight is 404 g/mol. The van der Waals surface area contributed by atoms with Crippen LogP contribution in [0.4, 0.5) is 0 Å². The number of hydrogen-bond acceptors (Lipinski definition) is 6. The van der Waals surface area contributed by atoms with Crippen molar-refractivity contribution in [1.29, 1.82) is 0 Å². The van der Waals surface area contributed by atoms with E-state index < -0.39 is 11.9 Å². The van der Waals surface area contributed by atoms with Crippen molar-refractivity contribution in [2.75, 3.05) is 13.7 Å². The molecule has 0 fully saturated rings. The minimum atomic E-state index is -1.21. The van der Waals surface area contributed by atoms with Gasteiger partial charge in [0, 0.05) is 23.0 Å². The molecule has 0 saturated carbocycles. The molecule has 148 valence electrons. The molecule has 0 saturated heterocycles. The largest absolute Gasteiger partial charge is 0.550 e. The first-order valence-corrected chi connectivity index (χ1v) is 8.77. The molecule has 0 atom stereocenters. The lowest BCUT2D eigenvalue weighted by molar-refractivity contribution is -0.304. The number of carbonyl (C=O) groups is 2. The van der Waals surface area contributed by atoms with Crippen molar-refractivity contribution in [2.45, 2.75) is 20.3 Å². The van der Waals surface area contributed by atoms with Gasteiger partial charge >= 0.3 is 0 Å². The number of methoxy groups -OCH3 is 1. The van der Waals surface area contributed by atoms with E-state index >= 15 is 0 Å². The molecule has 2 rings (SSSR count). The standard InChI is InChI=1S/C20H21ClN2O5/c1-12-8-16(21)5-7-17(12)28-11-19(24)23-22-13(2)14-4-6-18(27-3)15(9-14)10-20(25)26/h4-9H,10-11H2,1-3H3,(H,23,24)(H,25,26)/p-1/b22-13-. The SMILES string of the molecule is COc1ccc(/C(C)=N\NC(=O)COc2ccc(Cl)cc2C)cc1CC(=O)[O-]. The van der Waals surface area contributed by atoms with E-state index in [2.05, 4.69) is 10.5 Å². The smallest absolute Gasteiger partial charge is 0.277 e. The molecular weight excluding hydrogens is 384 g/mol. The molecule has 0 heterocycles. The number of hydrazone groups is 1. The lowest BCUT2D eigenvalue weighted by Crippen LogP contribution is -2.26. The van der Waals surface area contributed by atoms with Gasteiger partial charge in [-0.15, -0.1) is 0 Å². The number of nitrogens with one attached hydrogen (secondary N) is 1. The van der Waals surface area contributed by atoms with Gasteiger partial charge in [0.15, 0.2) is 6.61 Å². The first-order valence-electron chi connectivity index (χ1n) is 8.39. The Bertz CT molecular complexity index is 911. The Kier molecular flexibility index (Phi) is 7.40. The lowest BCUT2D eigenvalue weighted by atomic mass is 10.0. The number of carboxylic acid groups (broad SMARTS) is 1. The van der Waals surface area contributed by atoms with Crippen molar-refractivity contribution in [3.63, 3.8) is 0 Å². The number of carbonyl (C=O) groups excluding carboxylic acids is 2. The molecule has 1 amide bonds. The van der Waals surface area contributed by atoms with E-state index in [4.69, 9.17) is 21.1 Å². The van der Waals surface area contributed by atoms with Gasteiger partial charge in [0.25, 0.3) is 5.91 Å². The fourth-order valence-corrected chi connectivity index (χ4v) is 2.69. The first-order chi connectivity index (χ1) is 13.3. The summed E-state index contributed by atoms with van der Waals surface area (Å²) in [5.41, 5.74) is 4.83. The molecular formula is C20H20ClN2O5-. The molecule has 2 aromatic carbocycles. The number of hydrogen-bond donors (Lipinski definition) is 1. The number of carboxylic acids is 1. The van der Waals surface area contributed by atoms with E-state index in [9.17, 15) is 14.7 Å². The van der Waals surface area contributed by atoms with E-state index in [1.54, 1.807) is 43.3 Å². The summed E-state index contributed by atoms with van der Waals surface area (Å²) in [6.45, 7) is 3.31. The number of nitrogens with zero attached hydrogens (tertiary/aromatic N) is 1. The van der Waals surface area contributed by atoms with Crippen molar-refractivity contribution in [2.24, 2.45) is 5.10 Å². The second-order valence-corrected chi connectivity index (χ2v) is 6.44. The van der Waals surface area contributed by atoms with Gasteiger partial charge in [-0.2, -0.15) is 5.10 Å². The van der Waals surface area contributed by atoms with Crippen LogP contribution in [0.2, 0.25) is 5.02 Å². The van der Waals surface area contributed by atoms with E-state index in [1.165, 1.54) is 7.11 Å². The predicted octanol–water partition coefficient (Wildman–Crippen LogP) is 1.87. The lowest BCUT2D eigenvalue weighted by Gasteiger charge is -2.11. The normalized spacial score (nSPS) is 11.1. The van der Waals surface area contributed by atoms with Crippen LogP contribution in [0, 0.1) is 6.92 Å². The molecule has 0 bridgehead atoms. The molecule has 0 aliphatic carbocycles. The van der Waals surface area contributed by atoms with Gasteiger partial charge in [0.05, 0.1) is 12.8 Å². The number of ether oxygens (including phenoxy) is 2. The van der Waals surface area contributed by atoms with Gasteiger partial charge in [0.2, 0.25) is 0 Å². The fraction of sp³-hybridized carbons (Fsp3) is 0.250. The number of aryl methyl sites for hydroxylation is 1. The monoisotopic (exact) mass is 403 g/mol. The third-order valence-corrected chi connectivity index (χ3v) is 4.11. The number of halogens is 1. The molecule has 1 N–H and O–H groups in total. The Morgan fingerprint density at radius 1 is 1.18 bits per heavy atom. The van der Waals surface area contributed by atoms with Gasteiger partial charge in [-0.1, -0.05) is 11.6 Å². The highest BCUT2D eigenvalue weighted by molar-refractivity contribution is 6.30. The molecule has 0 unspecified atom stereocenters. The summed E-state index contributed by atoms with van der Waals surface area (Å²) in [4.78, 5) is 22.9. The zero-order chi connectivity index (χ0) is 20.7. The highest BCUT2D eigenvalue weighted by atomic mass is 35.5. The molecule has 2 aromatic rings. The number of rotatable bonds is 8. The van der Waals surface area contributed by atoms with Crippen LogP contribution in [0.3, 0.4) is 0 Å². The maximum Gasteiger partial charge on any atom is 0.277 e. The van der Waals surface area contributed by atoms with Gasteiger partial charge < -0.3 is 19.4 Å². The number of aliphatic carboxylic acids is 1. The van der Waals surface area contributed by atoms with E-state index in [-0.39, 0.29) is 13.0 Å². The van der Waals surface area contributed by atoms with Crippen molar-refractivity contribution in [3.05, 3.63) is 58.1 Å². The number of amides is 1. The van der Waals surface area contributed by atoms with Gasteiger partial charge in [0.1, 0.15) is 11.5 Å². The highest BCUT2D eigenvalue weighted by Crippen LogP contribution is 2.22. The first kappa shape index (κ1) is 21.2. The van der Waals surface area contributed by atoms with Crippen LogP contribution in [0.5, 0.6) is 11.5 Å². The molecule has 7 nitrogen and oxygen atoms in total. The molecule has 0 aliphatic rings. The van der Waals surface area contributed by atoms with Crippen molar-refractivity contribution in [3.8, 4) is 11.5 Å². The summed E-state index contributed by atoms with van der Waals surface area (Å²) >= 11 is 5.88. The highest BCUT2D eigenvalue weighted by Gasteiger charge is 2.08. The van der Waals surface area contributed by atoms with Crippen LogP contribution in [0.15, 0.2) is 41.5 Å². The van der Waals surface area contributed by atoms with E-state index in [1.807, 2.05) is 6.92 Å². The van der Waals surface area contributed by atoms with Crippen molar-refractivity contribution >= 4 is 29.2 Å². The zero-order valence-electron chi connectivity index (χ0n) is 15.7. The summed E-state index contributed by atoms with van der Waals surface area (Å²) in [6, 6.07) is 10.1. The van der Waals surface area contributed by atoms with Gasteiger partial charge in [-0.05, 0) is 61.4 Å². The molecule has 28 heavy (non-hydrogen) atoms. The van der Waals surface area contributed by atoms with Crippen LogP contribution in [-0.2, 0) is 16.0 Å². The third-order valence-electron chi connectivity index (χ3n) is 3.88. The molecule has 8 heteroatoms.